The molecule has 0 bridgehead atoms. The van der Waals surface area contributed by atoms with Crippen LogP contribution >= 0.6 is 364 Å². The zero-order valence-corrected chi connectivity index (χ0v) is 78.1. The van der Waals surface area contributed by atoms with Crippen molar-refractivity contribution in [3.05, 3.63) is 206 Å². The second-order valence-corrected chi connectivity index (χ2v) is 44.1. The molecule has 460 valence electrons. The van der Waals surface area contributed by atoms with Crippen molar-refractivity contribution in [2.45, 2.75) is 83.1 Å². The Bertz CT molecular complexity index is 3120. The van der Waals surface area contributed by atoms with Gasteiger partial charge in [-0.15, -0.1) is 102 Å². The summed E-state index contributed by atoms with van der Waals surface area (Å²) < 4.78 is 17.6. The van der Waals surface area contributed by atoms with E-state index in [2.05, 4.69) is 354 Å². The summed E-state index contributed by atoms with van der Waals surface area (Å²) in [6.45, 7) is 24.4. The van der Waals surface area contributed by atoms with Gasteiger partial charge >= 0.3 is 11.4 Å². The van der Waals surface area contributed by atoms with Crippen LogP contribution in [0.1, 0.15) is 63.3 Å². The van der Waals surface area contributed by atoms with Gasteiger partial charge in [0, 0.05) is 47.3 Å². The van der Waals surface area contributed by atoms with Crippen molar-refractivity contribution < 1.29 is 9.85 Å². The minimum absolute atomic E-state index is 0.182. The molecule has 6 nitrogen and oxygen atoms in total. The summed E-state index contributed by atoms with van der Waals surface area (Å²) in [5.74, 6) is 0. The fourth-order valence-electron chi connectivity index (χ4n) is 4.67. The maximum Gasteiger partial charge on any atom is 0.371 e. The van der Waals surface area contributed by atoms with E-state index in [4.69, 9.17) is 11.6 Å². The molecule has 0 aliphatic heterocycles. The van der Waals surface area contributed by atoms with E-state index in [1.807, 2.05) is 18.4 Å². The molecule has 32 heteroatoms. The van der Waals surface area contributed by atoms with Crippen molar-refractivity contribution in [3.8, 4) is 0 Å². The highest BCUT2D eigenvalue weighted by atomic mass is 79.9. The number of hydrogen-bond acceptors (Lipinski definition) is 14. The van der Waals surface area contributed by atoms with Gasteiger partial charge in [-0.25, -0.2) is 0 Å². The van der Waals surface area contributed by atoms with E-state index in [0.29, 0.717) is 4.88 Å². The molecule has 10 aromatic rings. The lowest BCUT2D eigenvalue weighted by Gasteiger charge is -1.88. The molecule has 0 fully saturated rings. The van der Waals surface area contributed by atoms with Crippen molar-refractivity contribution in [1.29, 1.82) is 0 Å². The molecule has 0 saturated carbocycles. The summed E-state index contributed by atoms with van der Waals surface area (Å²) in [5, 5.41) is 31.2. The maximum absolute atomic E-state index is 10.4. The van der Waals surface area contributed by atoms with Crippen LogP contribution in [0.2, 0.25) is 4.34 Å². The molecule has 0 spiro atoms. The molecule has 0 unspecified atom stereocenters. The van der Waals surface area contributed by atoms with E-state index in [-0.39, 0.29) is 3.79 Å². The fraction of sp³-hybridized carbons (Fsp3) is 0.231. The molecule has 10 heterocycles. The van der Waals surface area contributed by atoms with Gasteiger partial charge in [-0.1, -0.05) is 11.6 Å². The third-order valence-electron chi connectivity index (χ3n) is 9.68. The van der Waals surface area contributed by atoms with E-state index < -0.39 is 21.2 Å². The van der Waals surface area contributed by atoms with Crippen molar-refractivity contribution in [2.24, 2.45) is 0 Å². The molecule has 0 N–H and O–H groups in total. The van der Waals surface area contributed by atoms with E-state index in [9.17, 15) is 20.2 Å². The standard InChI is InChI=1S/C6H6Br2S.C6H8S.2C5H3Br3S.2C5H4Br2S.C5H3BrN2O4S.2C5H5BrS.C5H5ClS/c1-3-4(2)9-6(8)5(3)7;1-5-3-4-7-6(5)2;1-2-3(6)4(7)5(8)9-2;1-2-3(6)5(8)9-4(2)7;1-3-4(6)2-5(7)8-3;1-3-2-4(6)8-5(3)7;1-2-3(7(9)10)4(8(11)12)5(6)13-2;1-4-2-7-3-5(4)6;2*1-4-2-3-7-5(4)6/h1-2H3;3-4H,1-2H3;2*1H3;2*2H,1H3;1H3;3*2-3H,1H3. The molecule has 10 rings (SSSR count). The highest BCUT2D eigenvalue weighted by Gasteiger charge is 2.33. The van der Waals surface area contributed by atoms with Crippen LogP contribution in [0, 0.1) is 103 Å². The van der Waals surface area contributed by atoms with Crippen molar-refractivity contribution in [3.63, 3.8) is 0 Å². The van der Waals surface area contributed by atoms with Crippen molar-refractivity contribution in [1.82, 2.24) is 0 Å². The summed E-state index contributed by atoms with van der Waals surface area (Å²) in [5.41, 5.74) is 8.22. The smallest absolute Gasteiger partial charge is 0.258 e. The van der Waals surface area contributed by atoms with Gasteiger partial charge in [-0.3, -0.25) is 20.2 Å². The first kappa shape index (κ1) is 85.3. The summed E-state index contributed by atoms with van der Waals surface area (Å²) in [6.07, 6.45) is 0. The van der Waals surface area contributed by atoms with E-state index in [0.717, 1.165) is 36.7 Å². The Kier molecular flexibility index (Phi) is 44.8. The van der Waals surface area contributed by atoms with Gasteiger partial charge in [0.15, 0.2) is 3.79 Å². The Morgan fingerprint density at radius 3 is 1.01 bits per heavy atom. The molecule has 0 saturated heterocycles. The van der Waals surface area contributed by atoms with Crippen LogP contribution in [0.25, 0.3) is 0 Å². The van der Waals surface area contributed by atoms with Crippen LogP contribution in [0.5, 0.6) is 0 Å². The number of nitrogens with zero attached hydrogens (tertiary/aromatic N) is 2. The van der Waals surface area contributed by atoms with Gasteiger partial charge in [0.2, 0.25) is 0 Å². The van der Waals surface area contributed by atoms with Crippen LogP contribution < -0.4 is 0 Å². The predicted octanol–water partition coefficient (Wildman–Crippen LogP) is 33.1. The normalized spacial score (nSPS) is 9.86. The topological polar surface area (TPSA) is 86.3 Å². The first-order valence-electron chi connectivity index (χ1n) is 22.5. The van der Waals surface area contributed by atoms with Crippen LogP contribution in [0.3, 0.4) is 0 Å². The number of rotatable bonds is 2. The minimum atomic E-state index is -0.758. The minimum Gasteiger partial charge on any atom is -0.258 e. The SMILES string of the molecule is Cc1c(Br)sc(Br)c1Br.Cc1cc(Br)sc1Br.Cc1ccsc1Br.Cc1ccsc1C.Cc1ccsc1Cl.Cc1cscc1Br.Cc1sc(Br)c(Br)c1Br.Cc1sc(Br)c(Br)c1C.Cc1sc(Br)c([N+](=O)[O-])c1[N+](=O)[O-].Cc1sc(Br)cc1Br. The van der Waals surface area contributed by atoms with Crippen molar-refractivity contribution in [2.75, 3.05) is 0 Å². The van der Waals surface area contributed by atoms with E-state index in [1.165, 1.54) is 102 Å². The lowest BCUT2D eigenvalue weighted by atomic mass is 10.3. The van der Waals surface area contributed by atoms with Gasteiger partial charge in [0.1, 0.15) is 0 Å². The van der Waals surface area contributed by atoms with Crippen LogP contribution in [-0.2, 0) is 0 Å². The van der Waals surface area contributed by atoms with Gasteiger partial charge < -0.3 is 0 Å². The average molecular weight is 2320 g/mol. The highest BCUT2D eigenvalue weighted by molar-refractivity contribution is 9.15. The molecular formula is C52H46Br15ClN2O4S10. The van der Waals surface area contributed by atoms with Crippen LogP contribution in [-0.4, -0.2) is 9.85 Å². The van der Waals surface area contributed by atoms with E-state index >= 15 is 0 Å². The molecule has 0 aliphatic carbocycles. The van der Waals surface area contributed by atoms with Crippen LogP contribution in [0.15, 0.2) is 118 Å². The molecule has 0 amide bonds. The third kappa shape index (κ3) is 31.2. The monoisotopic (exact) mass is 2300 g/mol. The first-order valence-corrected chi connectivity index (χ1v) is 43.3. The molecule has 10 aromatic heterocycles. The lowest BCUT2D eigenvalue weighted by Crippen LogP contribution is -1.94. The number of halogens is 16. The Morgan fingerprint density at radius 2 is 0.857 bits per heavy atom. The zero-order valence-electron chi connectivity index (χ0n) is 45.4. The molecule has 0 aromatic carbocycles. The summed E-state index contributed by atoms with van der Waals surface area (Å²) in [6, 6.07) is 10.4. The molecule has 0 atom stereocenters. The average Bonchev–Trinajstić information content (AvgIpc) is 4.38. The van der Waals surface area contributed by atoms with Gasteiger partial charge in [0.05, 0.1) is 53.8 Å². The Labute approximate surface area is 662 Å². The zero-order chi connectivity index (χ0) is 64.6. The lowest BCUT2D eigenvalue weighted by molar-refractivity contribution is -0.422. The first-order chi connectivity index (χ1) is 38.9. The number of nitro groups is 2. The second-order valence-electron chi connectivity index (χ2n) is 15.9. The quantitative estimate of drug-likeness (QED) is 0.127. The number of hydrogen-bond donors (Lipinski definition) is 0. The number of aryl methyl sites for hydroxylation is 10. The van der Waals surface area contributed by atoms with Gasteiger partial charge in [0.25, 0.3) is 0 Å². The fourth-order valence-corrected chi connectivity index (χ4v) is 24.9. The third-order valence-corrected chi connectivity index (χ3v) is 36.4. The number of thiophene rings is 10. The molecule has 0 aliphatic rings. The van der Waals surface area contributed by atoms with E-state index in [1.54, 1.807) is 102 Å². The largest absolute Gasteiger partial charge is 0.371 e. The van der Waals surface area contributed by atoms with Gasteiger partial charge in [-0.05, 0) is 413 Å². The highest BCUT2D eigenvalue weighted by Crippen LogP contribution is 2.45. The Hall–Kier alpha value is 3.29. The maximum atomic E-state index is 10.4. The second kappa shape index (κ2) is 44.1. The summed E-state index contributed by atoms with van der Waals surface area (Å²) in [4.78, 5) is 25.1. The van der Waals surface area contributed by atoms with Crippen molar-refractivity contribution >= 4 is 375 Å². The van der Waals surface area contributed by atoms with Gasteiger partial charge in [-0.2, -0.15) is 11.3 Å². The van der Waals surface area contributed by atoms with Crippen LogP contribution in [0.4, 0.5) is 11.4 Å². The molecule has 84 heavy (non-hydrogen) atoms. The summed E-state index contributed by atoms with van der Waals surface area (Å²) in [7, 11) is 0. The predicted molar refractivity (Wildman–Crippen MR) is 434 cm³/mol. The summed E-state index contributed by atoms with van der Waals surface area (Å²) >= 11 is 72.7. The molecular weight excluding hydrogens is 2270 g/mol. The molecule has 0 radical (unpaired) electrons. The Balaban J connectivity index is 0.000000469. The Morgan fingerprint density at radius 1 is 0.369 bits per heavy atom.